The van der Waals surface area contributed by atoms with Crippen LogP contribution in [0.4, 0.5) is 0 Å². The molecule has 2 heterocycles. The van der Waals surface area contributed by atoms with E-state index in [1.54, 1.807) is 0 Å². The quantitative estimate of drug-likeness (QED) is 0.840. The molecule has 0 aliphatic carbocycles. The van der Waals surface area contributed by atoms with Crippen LogP contribution in [0.1, 0.15) is 57.6 Å². The minimum Gasteiger partial charge on any atom is -0.311 e. The molecule has 3 unspecified atom stereocenters. The van der Waals surface area contributed by atoms with Gasteiger partial charge in [-0.25, -0.2) is 0 Å². The van der Waals surface area contributed by atoms with E-state index in [1.165, 1.54) is 48.7 Å². The minimum atomic E-state index is 0.514. The molecule has 2 fully saturated rings. The number of halogens is 1. The van der Waals surface area contributed by atoms with Crippen molar-refractivity contribution >= 4 is 15.9 Å². The number of hydrogen-bond acceptors (Lipinski definition) is 2. The van der Waals surface area contributed by atoms with Crippen molar-refractivity contribution in [1.82, 2.24) is 10.2 Å². The van der Waals surface area contributed by atoms with E-state index in [4.69, 9.17) is 0 Å². The maximum atomic E-state index is 3.77. The first-order valence-electron chi connectivity index (χ1n) is 8.44. The number of nitrogens with one attached hydrogen (secondary N) is 1. The highest BCUT2D eigenvalue weighted by atomic mass is 79.9. The number of hydrogen-bond donors (Lipinski definition) is 1. The third-order valence-electron chi connectivity index (χ3n) is 5.25. The van der Waals surface area contributed by atoms with Crippen LogP contribution in [-0.2, 0) is 0 Å². The molecule has 3 rings (SSSR count). The van der Waals surface area contributed by atoms with Gasteiger partial charge in [-0.15, -0.1) is 0 Å². The second kappa shape index (κ2) is 6.80. The predicted molar refractivity (Wildman–Crippen MR) is 92.5 cm³/mol. The number of rotatable bonds is 5. The summed E-state index contributed by atoms with van der Waals surface area (Å²) >= 11 is 3.54. The Morgan fingerprint density at radius 3 is 2.38 bits per heavy atom. The standard InChI is InChI=1S/C18H27BrN2/c1-3-10-21(13(2)14-4-6-15(19)7-5-14)18-11-16-8-9-17(12-18)20-16/h4-7,13,16-18,20H,3,8-12H2,1-2H3. The van der Waals surface area contributed by atoms with Crippen LogP contribution in [0.5, 0.6) is 0 Å². The highest BCUT2D eigenvalue weighted by molar-refractivity contribution is 9.10. The second-order valence-electron chi connectivity index (χ2n) is 6.73. The van der Waals surface area contributed by atoms with Gasteiger partial charge in [0.25, 0.3) is 0 Å². The Morgan fingerprint density at radius 2 is 1.81 bits per heavy atom. The molecule has 2 bridgehead atoms. The maximum Gasteiger partial charge on any atom is 0.0322 e. The summed E-state index contributed by atoms with van der Waals surface area (Å²) in [5.74, 6) is 0. The molecule has 21 heavy (non-hydrogen) atoms. The summed E-state index contributed by atoms with van der Waals surface area (Å²) in [6, 6.07) is 11.7. The zero-order chi connectivity index (χ0) is 14.8. The largest absolute Gasteiger partial charge is 0.311 e. The fourth-order valence-electron chi connectivity index (χ4n) is 4.18. The van der Waals surface area contributed by atoms with Crippen molar-refractivity contribution < 1.29 is 0 Å². The molecule has 3 atom stereocenters. The van der Waals surface area contributed by atoms with Gasteiger partial charge in [0.1, 0.15) is 0 Å². The highest BCUT2D eigenvalue weighted by Gasteiger charge is 2.37. The third-order valence-corrected chi connectivity index (χ3v) is 5.78. The Labute approximate surface area is 137 Å². The van der Waals surface area contributed by atoms with Crippen molar-refractivity contribution in [1.29, 1.82) is 0 Å². The molecule has 3 heteroatoms. The fraction of sp³-hybridized carbons (Fsp3) is 0.667. The van der Waals surface area contributed by atoms with Gasteiger partial charge in [0.05, 0.1) is 0 Å². The summed E-state index contributed by atoms with van der Waals surface area (Å²) in [6.07, 6.45) is 6.66. The van der Waals surface area contributed by atoms with Crippen molar-refractivity contribution in [2.24, 2.45) is 0 Å². The summed E-state index contributed by atoms with van der Waals surface area (Å²) in [6.45, 7) is 5.89. The lowest BCUT2D eigenvalue weighted by molar-refractivity contribution is 0.101. The number of benzene rings is 1. The molecule has 2 aliphatic heterocycles. The van der Waals surface area contributed by atoms with Crippen molar-refractivity contribution in [2.45, 2.75) is 70.1 Å². The van der Waals surface area contributed by atoms with Gasteiger partial charge in [-0.1, -0.05) is 35.0 Å². The zero-order valence-electron chi connectivity index (χ0n) is 13.2. The molecule has 0 aromatic heterocycles. The highest BCUT2D eigenvalue weighted by Crippen LogP contribution is 2.34. The molecule has 0 radical (unpaired) electrons. The number of fused-ring (bicyclic) bond motifs is 2. The van der Waals surface area contributed by atoms with Crippen LogP contribution in [0, 0.1) is 0 Å². The Bertz CT molecular complexity index is 447. The van der Waals surface area contributed by atoms with Crippen molar-refractivity contribution in [2.75, 3.05) is 6.54 Å². The molecule has 1 aromatic carbocycles. The molecule has 0 amide bonds. The molecule has 1 aromatic rings. The second-order valence-corrected chi connectivity index (χ2v) is 7.64. The third kappa shape index (κ3) is 3.52. The Morgan fingerprint density at radius 1 is 1.19 bits per heavy atom. The first-order chi connectivity index (χ1) is 10.2. The van der Waals surface area contributed by atoms with Gasteiger partial charge in [0.2, 0.25) is 0 Å². The number of nitrogens with zero attached hydrogens (tertiary/aromatic N) is 1. The van der Waals surface area contributed by atoms with Crippen LogP contribution < -0.4 is 5.32 Å². The van der Waals surface area contributed by atoms with E-state index in [-0.39, 0.29) is 0 Å². The Balaban J connectivity index is 1.75. The summed E-state index contributed by atoms with van der Waals surface area (Å²) in [5, 5.41) is 3.77. The van der Waals surface area contributed by atoms with Crippen LogP contribution in [-0.4, -0.2) is 29.6 Å². The van der Waals surface area contributed by atoms with Crippen molar-refractivity contribution in [3.8, 4) is 0 Å². The minimum absolute atomic E-state index is 0.514. The van der Waals surface area contributed by atoms with E-state index < -0.39 is 0 Å². The van der Waals surface area contributed by atoms with Crippen LogP contribution in [0.3, 0.4) is 0 Å². The Hall–Kier alpha value is -0.380. The summed E-state index contributed by atoms with van der Waals surface area (Å²) in [7, 11) is 0. The van der Waals surface area contributed by atoms with Crippen LogP contribution in [0.15, 0.2) is 28.7 Å². The summed E-state index contributed by atoms with van der Waals surface area (Å²) in [5.41, 5.74) is 1.44. The lowest BCUT2D eigenvalue weighted by atomic mass is 9.95. The van der Waals surface area contributed by atoms with E-state index in [0.717, 1.165) is 18.1 Å². The van der Waals surface area contributed by atoms with Crippen molar-refractivity contribution in [3.05, 3.63) is 34.3 Å². The van der Waals surface area contributed by atoms with E-state index in [0.29, 0.717) is 6.04 Å². The van der Waals surface area contributed by atoms with Gasteiger partial charge >= 0.3 is 0 Å². The number of piperidine rings is 1. The van der Waals surface area contributed by atoms with Gasteiger partial charge in [-0.05, 0) is 63.3 Å². The monoisotopic (exact) mass is 350 g/mol. The lowest BCUT2D eigenvalue weighted by Gasteiger charge is -2.41. The Kier molecular flexibility index (Phi) is 5.03. The molecular formula is C18H27BrN2. The van der Waals surface area contributed by atoms with E-state index in [9.17, 15) is 0 Å². The maximum absolute atomic E-state index is 3.77. The normalized spacial score (nSPS) is 29.8. The molecule has 0 saturated carbocycles. The average molecular weight is 351 g/mol. The summed E-state index contributed by atoms with van der Waals surface area (Å²) in [4.78, 5) is 2.76. The fourth-order valence-corrected chi connectivity index (χ4v) is 4.45. The molecule has 2 nitrogen and oxygen atoms in total. The van der Waals surface area contributed by atoms with Crippen LogP contribution in [0.25, 0.3) is 0 Å². The predicted octanol–water partition coefficient (Wildman–Crippen LogP) is 4.51. The first-order valence-corrected chi connectivity index (χ1v) is 9.24. The molecule has 1 N–H and O–H groups in total. The average Bonchev–Trinajstić information content (AvgIpc) is 2.83. The molecule has 2 aliphatic rings. The van der Waals surface area contributed by atoms with Gasteiger partial charge < -0.3 is 5.32 Å². The lowest BCUT2D eigenvalue weighted by Crippen LogP contribution is -2.49. The molecule has 2 saturated heterocycles. The van der Waals surface area contributed by atoms with E-state index >= 15 is 0 Å². The van der Waals surface area contributed by atoms with Gasteiger partial charge in [-0.3, -0.25) is 4.90 Å². The first kappa shape index (κ1) is 15.5. The topological polar surface area (TPSA) is 15.3 Å². The zero-order valence-corrected chi connectivity index (χ0v) is 14.8. The van der Waals surface area contributed by atoms with Crippen molar-refractivity contribution in [3.63, 3.8) is 0 Å². The van der Waals surface area contributed by atoms with Gasteiger partial charge in [-0.2, -0.15) is 0 Å². The smallest absolute Gasteiger partial charge is 0.0322 e. The van der Waals surface area contributed by atoms with E-state index in [2.05, 4.69) is 64.3 Å². The van der Waals surface area contributed by atoms with Gasteiger partial charge in [0.15, 0.2) is 0 Å². The molecular weight excluding hydrogens is 324 g/mol. The summed E-state index contributed by atoms with van der Waals surface area (Å²) < 4.78 is 1.17. The van der Waals surface area contributed by atoms with Gasteiger partial charge in [0, 0.05) is 28.6 Å². The van der Waals surface area contributed by atoms with E-state index in [1.807, 2.05) is 0 Å². The van der Waals surface area contributed by atoms with Crippen LogP contribution in [0.2, 0.25) is 0 Å². The molecule has 0 spiro atoms. The SMILES string of the molecule is CCCN(C1CC2CCC(C1)N2)C(C)c1ccc(Br)cc1. The molecule has 116 valence electrons. The van der Waals surface area contributed by atoms with Crippen LogP contribution >= 0.6 is 15.9 Å².